The minimum atomic E-state index is -1.16. The molecule has 0 saturated carbocycles. The van der Waals surface area contributed by atoms with E-state index in [-0.39, 0.29) is 12.0 Å². The van der Waals surface area contributed by atoms with Crippen LogP contribution in [0.3, 0.4) is 0 Å². The summed E-state index contributed by atoms with van der Waals surface area (Å²) >= 11 is 0. The molecular formula is C11H20O5. The fourth-order valence-electron chi connectivity index (χ4n) is 1.26. The molecule has 5 nitrogen and oxygen atoms in total. The summed E-state index contributed by atoms with van der Waals surface area (Å²) in [5, 5.41) is 8.69. The summed E-state index contributed by atoms with van der Waals surface area (Å²) in [5.74, 6) is -2.18. The second-order valence-corrected chi connectivity index (χ2v) is 3.16. The number of hydrogen-bond acceptors (Lipinski definition) is 4. The number of carboxylic acid groups (broad SMARTS) is 1. The second kappa shape index (κ2) is 7.38. The van der Waals surface area contributed by atoms with Gasteiger partial charge in [-0.15, -0.1) is 0 Å². The van der Waals surface area contributed by atoms with Crippen molar-refractivity contribution >= 4 is 5.97 Å². The van der Waals surface area contributed by atoms with Crippen LogP contribution in [-0.2, 0) is 19.0 Å². The number of carbonyl (C=O) groups is 1. The predicted molar refractivity (Wildman–Crippen MR) is 59.0 cm³/mol. The quantitative estimate of drug-likeness (QED) is 0.485. The Kier molecular flexibility index (Phi) is 6.96. The van der Waals surface area contributed by atoms with Gasteiger partial charge in [0.15, 0.2) is 0 Å². The Bertz CT molecular complexity index is 231. The third-order valence-corrected chi connectivity index (χ3v) is 2.07. The van der Waals surface area contributed by atoms with Gasteiger partial charge in [-0.25, -0.2) is 4.79 Å². The lowest BCUT2D eigenvalue weighted by molar-refractivity contribution is -0.371. The van der Waals surface area contributed by atoms with Crippen molar-refractivity contribution in [1.82, 2.24) is 0 Å². The zero-order valence-corrected chi connectivity index (χ0v) is 10.1. The van der Waals surface area contributed by atoms with E-state index in [1.807, 2.05) is 13.8 Å². The van der Waals surface area contributed by atoms with Crippen molar-refractivity contribution in [2.24, 2.45) is 0 Å². The van der Waals surface area contributed by atoms with Gasteiger partial charge < -0.3 is 19.3 Å². The van der Waals surface area contributed by atoms with Crippen LogP contribution in [0.4, 0.5) is 0 Å². The van der Waals surface area contributed by atoms with Gasteiger partial charge >= 0.3 is 5.97 Å². The number of aliphatic carboxylic acids is 1. The highest BCUT2D eigenvalue weighted by molar-refractivity contribution is 5.85. The van der Waals surface area contributed by atoms with Gasteiger partial charge in [-0.05, 0) is 20.3 Å². The molecule has 0 aromatic heterocycles. The summed E-state index contributed by atoms with van der Waals surface area (Å²) in [6.45, 7) is 7.93. The van der Waals surface area contributed by atoms with Crippen LogP contribution in [0.25, 0.3) is 0 Å². The van der Waals surface area contributed by atoms with Crippen LogP contribution in [0.5, 0.6) is 0 Å². The zero-order chi connectivity index (χ0) is 12.6. The van der Waals surface area contributed by atoms with E-state index in [9.17, 15) is 4.79 Å². The molecule has 16 heavy (non-hydrogen) atoms. The molecule has 5 heteroatoms. The van der Waals surface area contributed by atoms with Gasteiger partial charge in [-0.3, -0.25) is 0 Å². The van der Waals surface area contributed by atoms with Crippen LogP contribution in [0.1, 0.15) is 26.7 Å². The lowest BCUT2D eigenvalue weighted by Gasteiger charge is -2.31. The number of hydrogen-bond donors (Lipinski definition) is 1. The first kappa shape index (κ1) is 15.1. The van der Waals surface area contributed by atoms with Crippen LogP contribution < -0.4 is 0 Å². The monoisotopic (exact) mass is 232 g/mol. The predicted octanol–water partition coefficient (Wildman–Crippen LogP) is 1.78. The molecule has 0 amide bonds. The zero-order valence-electron chi connectivity index (χ0n) is 10.1. The van der Waals surface area contributed by atoms with E-state index in [2.05, 4.69) is 6.58 Å². The topological polar surface area (TPSA) is 65.0 Å². The Balaban J connectivity index is 4.40. The molecule has 0 fully saturated rings. The van der Waals surface area contributed by atoms with E-state index >= 15 is 0 Å². The molecule has 0 bridgehead atoms. The van der Waals surface area contributed by atoms with Crippen molar-refractivity contribution in [1.29, 1.82) is 0 Å². The largest absolute Gasteiger partial charge is 0.478 e. The van der Waals surface area contributed by atoms with Crippen LogP contribution in [0.15, 0.2) is 12.2 Å². The summed E-state index contributed by atoms with van der Waals surface area (Å²) in [6, 6.07) is 0. The average Bonchev–Trinajstić information content (AvgIpc) is 2.25. The fourth-order valence-corrected chi connectivity index (χ4v) is 1.26. The maximum Gasteiger partial charge on any atom is 0.330 e. The molecule has 0 atom stereocenters. The summed E-state index contributed by atoms with van der Waals surface area (Å²) in [6.07, 6.45) is 0.555. The Morgan fingerprint density at radius 2 is 1.81 bits per heavy atom. The van der Waals surface area contributed by atoms with Crippen LogP contribution >= 0.6 is 0 Å². The van der Waals surface area contributed by atoms with Crippen molar-refractivity contribution < 1.29 is 24.1 Å². The van der Waals surface area contributed by atoms with Crippen LogP contribution in [-0.4, -0.2) is 37.4 Å². The highest BCUT2D eigenvalue weighted by Gasteiger charge is 2.31. The Morgan fingerprint density at radius 1 is 1.31 bits per heavy atom. The summed E-state index contributed by atoms with van der Waals surface area (Å²) in [4.78, 5) is 10.6. The molecule has 0 unspecified atom stereocenters. The van der Waals surface area contributed by atoms with Gasteiger partial charge in [0.1, 0.15) is 0 Å². The standard InChI is InChI=1S/C11H20O5/c1-5-15-11(14-4,16-6-2)8-7-9(3)10(12)13/h3,5-8H2,1-2,4H3,(H,12,13). The summed E-state index contributed by atoms with van der Waals surface area (Å²) in [5.41, 5.74) is 0.112. The van der Waals surface area contributed by atoms with Crippen molar-refractivity contribution in [3.8, 4) is 0 Å². The van der Waals surface area contributed by atoms with Crippen molar-refractivity contribution in [2.75, 3.05) is 20.3 Å². The number of methoxy groups -OCH3 is 1. The SMILES string of the molecule is C=C(CCC(OC)(OCC)OCC)C(=O)O. The van der Waals surface area contributed by atoms with E-state index in [1.54, 1.807) is 0 Å². The normalized spacial score (nSPS) is 11.4. The third-order valence-electron chi connectivity index (χ3n) is 2.07. The highest BCUT2D eigenvalue weighted by atomic mass is 16.9. The minimum Gasteiger partial charge on any atom is -0.478 e. The Labute approximate surface area is 96.0 Å². The van der Waals surface area contributed by atoms with Gasteiger partial charge in [-0.1, -0.05) is 6.58 Å². The maximum atomic E-state index is 10.6. The molecule has 0 aliphatic rings. The molecular weight excluding hydrogens is 212 g/mol. The van der Waals surface area contributed by atoms with Crippen molar-refractivity contribution in [3.63, 3.8) is 0 Å². The third kappa shape index (κ3) is 4.74. The van der Waals surface area contributed by atoms with Crippen molar-refractivity contribution in [3.05, 3.63) is 12.2 Å². The molecule has 1 N–H and O–H groups in total. The van der Waals surface area contributed by atoms with E-state index in [1.165, 1.54) is 7.11 Å². The molecule has 0 rings (SSSR count). The maximum absolute atomic E-state index is 10.6. The first-order chi connectivity index (χ1) is 7.51. The highest BCUT2D eigenvalue weighted by Crippen LogP contribution is 2.23. The van der Waals surface area contributed by atoms with Crippen LogP contribution in [0, 0.1) is 0 Å². The molecule has 0 heterocycles. The summed E-state index contributed by atoms with van der Waals surface area (Å²) < 4.78 is 15.9. The van der Waals surface area contributed by atoms with E-state index in [0.29, 0.717) is 19.6 Å². The Morgan fingerprint density at radius 3 is 2.12 bits per heavy atom. The Hall–Kier alpha value is -0.910. The lowest BCUT2D eigenvalue weighted by Crippen LogP contribution is -2.38. The molecule has 0 aromatic rings. The van der Waals surface area contributed by atoms with E-state index in [0.717, 1.165) is 0 Å². The van der Waals surface area contributed by atoms with Crippen LogP contribution in [0.2, 0.25) is 0 Å². The van der Waals surface area contributed by atoms with E-state index < -0.39 is 11.9 Å². The molecule has 0 aliphatic heterocycles. The molecule has 0 aromatic carbocycles. The smallest absolute Gasteiger partial charge is 0.330 e. The van der Waals surface area contributed by atoms with Gasteiger partial charge in [0, 0.05) is 32.3 Å². The first-order valence-electron chi connectivity index (χ1n) is 5.25. The molecule has 0 aliphatic carbocycles. The molecule has 0 radical (unpaired) electrons. The number of ether oxygens (including phenoxy) is 3. The number of rotatable bonds is 9. The fraction of sp³-hybridized carbons (Fsp3) is 0.727. The van der Waals surface area contributed by atoms with Gasteiger partial charge in [0.05, 0.1) is 0 Å². The average molecular weight is 232 g/mol. The lowest BCUT2D eigenvalue weighted by atomic mass is 10.1. The van der Waals surface area contributed by atoms with Gasteiger partial charge in [0.2, 0.25) is 0 Å². The van der Waals surface area contributed by atoms with E-state index in [4.69, 9.17) is 19.3 Å². The first-order valence-corrected chi connectivity index (χ1v) is 5.25. The van der Waals surface area contributed by atoms with Gasteiger partial charge in [0.25, 0.3) is 5.97 Å². The molecule has 0 spiro atoms. The number of carboxylic acids is 1. The molecule has 0 saturated heterocycles. The summed E-state index contributed by atoms with van der Waals surface area (Å²) in [7, 11) is 1.47. The van der Waals surface area contributed by atoms with Crippen molar-refractivity contribution in [2.45, 2.75) is 32.7 Å². The second-order valence-electron chi connectivity index (χ2n) is 3.16. The van der Waals surface area contributed by atoms with Gasteiger partial charge in [-0.2, -0.15) is 0 Å². The molecule has 94 valence electrons. The minimum absolute atomic E-state index is 0.112.